The Bertz CT molecular complexity index is 383. The molecule has 0 saturated carbocycles. The predicted molar refractivity (Wildman–Crippen MR) is 74.9 cm³/mol. The van der Waals surface area contributed by atoms with E-state index < -0.39 is 0 Å². The first-order valence-corrected chi connectivity index (χ1v) is 6.95. The smallest absolute Gasteiger partial charge is 0.310 e. The van der Waals surface area contributed by atoms with Gasteiger partial charge in [0.25, 0.3) is 0 Å². The highest BCUT2D eigenvalue weighted by Crippen LogP contribution is 2.21. The van der Waals surface area contributed by atoms with Gasteiger partial charge in [-0.3, -0.25) is 4.79 Å². The normalized spacial score (nSPS) is 10.4. The quantitative estimate of drug-likeness (QED) is 0.720. The van der Waals surface area contributed by atoms with E-state index in [0.29, 0.717) is 13.0 Å². The number of hydrogen-bond acceptors (Lipinski definition) is 2. The average molecular weight is 248 g/mol. The van der Waals surface area contributed by atoms with E-state index in [1.165, 1.54) is 22.3 Å². The van der Waals surface area contributed by atoms with Crippen molar-refractivity contribution >= 4 is 5.97 Å². The largest absolute Gasteiger partial charge is 0.466 e. The van der Waals surface area contributed by atoms with Gasteiger partial charge in [-0.15, -0.1) is 0 Å². The van der Waals surface area contributed by atoms with Crippen molar-refractivity contribution in [3.8, 4) is 0 Å². The highest BCUT2D eigenvalue weighted by atomic mass is 16.5. The van der Waals surface area contributed by atoms with Crippen LogP contribution in [0.15, 0.2) is 12.1 Å². The fourth-order valence-corrected chi connectivity index (χ4v) is 2.29. The van der Waals surface area contributed by atoms with E-state index in [1.807, 2.05) is 6.92 Å². The first-order chi connectivity index (χ1) is 8.65. The summed E-state index contributed by atoms with van der Waals surface area (Å²) in [7, 11) is 0. The van der Waals surface area contributed by atoms with Crippen LogP contribution in [0.5, 0.6) is 0 Å². The first kappa shape index (κ1) is 14.7. The van der Waals surface area contributed by atoms with Crippen LogP contribution in [0, 0.1) is 0 Å². The Morgan fingerprint density at radius 1 is 1.00 bits per heavy atom. The Morgan fingerprint density at radius 3 is 1.94 bits per heavy atom. The summed E-state index contributed by atoms with van der Waals surface area (Å²) in [6.07, 6.45) is 3.38. The van der Waals surface area contributed by atoms with Crippen LogP contribution in [0.2, 0.25) is 0 Å². The van der Waals surface area contributed by atoms with Gasteiger partial charge in [-0.1, -0.05) is 32.9 Å². The van der Waals surface area contributed by atoms with Gasteiger partial charge in [0, 0.05) is 0 Å². The molecule has 1 aromatic rings. The molecule has 0 aromatic heterocycles. The number of aryl methyl sites for hydroxylation is 3. The maximum atomic E-state index is 11.7. The van der Waals surface area contributed by atoms with Crippen LogP contribution in [0.1, 0.15) is 49.9 Å². The Kier molecular flexibility index (Phi) is 5.90. The van der Waals surface area contributed by atoms with Crippen molar-refractivity contribution < 1.29 is 9.53 Å². The summed E-state index contributed by atoms with van der Waals surface area (Å²) in [4.78, 5) is 11.7. The summed E-state index contributed by atoms with van der Waals surface area (Å²) in [6, 6.07) is 4.46. The Morgan fingerprint density at radius 2 is 1.56 bits per heavy atom. The molecule has 0 aliphatic carbocycles. The molecule has 0 spiro atoms. The minimum Gasteiger partial charge on any atom is -0.466 e. The third-order valence-electron chi connectivity index (χ3n) is 3.29. The highest BCUT2D eigenvalue weighted by Gasteiger charge is 2.13. The number of ether oxygens (including phenoxy) is 1. The van der Waals surface area contributed by atoms with Gasteiger partial charge in [0.2, 0.25) is 0 Å². The SMILES string of the molecule is CCOC(=O)Cc1c(CC)cc(CC)cc1CC. The van der Waals surface area contributed by atoms with Gasteiger partial charge in [-0.2, -0.15) is 0 Å². The molecule has 0 saturated heterocycles. The molecule has 0 fully saturated rings. The lowest BCUT2D eigenvalue weighted by molar-refractivity contribution is -0.142. The molecule has 18 heavy (non-hydrogen) atoms. The third kappa shape index (κ3) is 3.59. The van der Waals surface area contributed by atoms with Crippen LogP contribution in [0.4, 0.5) is 0 Å². The lowest BCUT2D eigenvalue weighted by atomic mass is 9.92. The van der Waals surface area contributed by atoms with E-state index >= 15 is 0 Å². The second-order valence-corrected chi connectivity index (χ2v) is 4.44. The first-order valence-electron chi connectivity index (χ1n) is 6.95. The van der Waals surface area contributed by atoms with Crippen LogP contribution >= 0.6 is 0 Å². The maximum Gasteiger partial charge on any atom is 0.310 e. The van der Waals surface area contributed by atoms with Gasteiger partial charge in [-0.05, 0) is 48.4 Å². The van der Waals surface area contributed by atoms with Gasteiger partial charge in [-0.25, -0.2) is 0 Å². The van der Waals surface area contributed by atoms with Crippen molar-refractivity contribution in [3.05, 3.63) is 34.4 Å². The van der Waals surface area contributed by atoms with Crippen LogP contribution in [0.25, 0.3) is 0 Å². The zero-order valence-electron chi connectivity index (χ0n) is 12.0. The molecule has 0 aliphatic rings. The number of hydrogen-bond donors (Lipinski definition) is 0. The Labute approximate surface area is 110 Å². The highest BCUT2D eigenvalue weighted by molar-refractivity contribution is 5.73. The topological polar surface area (TPSA) is 26.3 Å². The molecule has 100 valence electrons. The second-order valence-electron chi connectivity index (χ2n) is 4.44. The summed E-state index contributed by atoms with van der Waals surface area (Å²) >= 11 is 0. The van der Waals surface area contributed by atoms with Gasteiger partial charge in [0.15, 0.2) is 0 Å². The molecular weight excluding hydrogens is 224 g/mol. The van der Waals surface area contributed by atoms with E-state index in [9.17, 15) is 4.79 Å². The van der Waals surface area contributed by atoms with Gasteiger partial charge in [0.05, 0.1) is 13.0 Å². The molecule has 0 amide bonds. The second kappa shape index (κ2) is 7.20. The van der Waals surface area contributed by atoms with Crippen molar-refractivity contribution in [3.63, 3.8) is 0 Å². The minimum atomic E-state index is -0.119. The monoisotopic (exact) mass is 248 g/mol. The zero-order chi connectivity index (χ0) is 13.5. The molecule has 0 heterocycles. The molecule has 1 rings (SSSR count). The van der Waals surface area contributed by atoms with Crippen LogP contribution in [-0.2, 0) is 35.2 Å². The number of benzene rings is 1. The van der Waals surface area contributed by atoms with Crippen molar-refractivity contribution in [2.45, 2.75) is 53.4 Å². The number of rotatable bonds is 6. The van der Waals surface area contributed by atoms with E-state index in [0.717, 1.165) is 19.3 Å². The molecule has 2 nitrogen and oxygen atoms in total. The summed E-state index contributed by atoms with van der Waals surface area (Å²) < 4.78 is 5.06. The lowest BCUT2D eigenvalue weighted by Crippen LogP contribution is -2.12. The van der Waals surface area contributed by atoms with Crippen molar-refractivity contribution in [1.82, 2.24) is 0 Å². The zero-order valence-corrected chi connectivity index (χ0v) is 12.0. The van der Waals surface area contributed by atoms with Crippen molar-refractivity contribution in [2.24, 2.45) is 0 Å². The summed E-state index contributed by atoms with van der Waals surface area (Å²) in [6.45, 7) is 8.75. The summed E-state index contributed by atoms with van der Waals surface area (Å²) in [5.41, 5.74) is 5.12. The molecule has 0 N–H and O–H groups in total. The van der Waals surface area contributed by atoms with Crippen molar-refractivity contribution in [2.75, 3.05) is 6.61 Å². The molecule has 0 aliphatic heterocycles. The molecule has 0 radical (unpaired) electrons. The van der Waals surface area contributed by atoms with Crippen LogP contribution in [0.3, 0.4) is 0 Å². The molecule has 0 bridgehead atoms. The van der Waals surface area contributed by atoms with Gasteiger partial charge >= 0.3 is 5.97 Å². The van der Waals surface area contributed by atoms with Crippen LogP contribution < -0.4 is 0 Å². The summed E-state index contributed by atoms with van der Waals surface area (Å²) in [5.74, 6) is -0.119. The molecule has 0 unspecified atom stereocenters. The molecule has 2 heteroatoms. The van der Waals surface area contributed by atoms with E-state index in [4.69, 9.17) is 4.74 Å². The molecule has 1 aromatic carbocycles. The lowest BCUT2D eigenvalue weighted by Gasteiger charge is -2.15. The summed E-state index contributed by atoms with van der Waals surface area (Å²) in [5, 5.41) is 0. The predicted octanol–water partition coefficient (Wildman–Crippen LogP) is 3.48. The minimum absolute atomic E-state index is 0.119. The average Bonchev–Trinajstić information content (AvgIpc) is 2.39. The number of esters is 1. The maximum absolute atomic E-state index is 11.7. The Balaban J connectivity index is 3.10. The van der Waals surface area contributed by atoms with Crippen LogP contribution in [-0.4, -0.2) is 12.6 Å². The van der Waals surface area contributed by atoms with Gasteiger partial charge in [0.1, 0.15) is 0 Å². The van der Waals surface area contributed by atoms with E-state index in [-0.39, 0.29) is 5.97 Å². The molecule has 0 atom stereocenters. The third-order valence-corrected chi connectivity index (χ3v) is 3.29. The fourth-order valence-electron chi connectivity index (χ4n) is 2.29. The number of carbonyl (C=O) groups excluding carboxylic acids is 1. The van der Waals surface area contributed by atoms with E-state index in [2.05, 4.69) is 32.9 Å². The molecular formula is C16H24O2. The van der Waals surface area contributed by atoms with E-state index in [1.54, 1.807) is 0 Å². The standard InChI is InChI=1S/C16H24O2/c1-5-12-9-13(6-2)15(14(7-3)10-12)11-16(17)18-8-4/h9-10H,5-8,11H2,1-4H3. The van der Waals surface area contributed by atoms with Crippen molar-refractivity contribution in [1.29, 1.82) is 0 Å². The Hall–Kier alpha value is -1.31. The van der Waals surface area contributed by atoms with Gasteiger partial charge < -0.3 is 4.74 Å². The number of carbonyl (C=O) groups is 1. The fraction of sp³-hybridized carbons (Fsp3) is 0.562.